The van der Waals surface area contributed by atoms with Crippen LogP contribution in [0.4, 0.5) is 5.69 Å². The summed E-state index contributed by atoms with van der Waals surface area (Å²) in [5.74, 6) is 0. The summed E-state index contributed by atoms with van der Waals surface area (Å²) in [5, 5.41) is 11.1. The molecule has 0 radical (unpaired) electrons. The third-order valence-corrected chi connectivity index (χ3v) is 3.65. The average molecular weight is 303 g/mol. The van der Waals surface area contributed by atoms with Gasteiger partial charge in [0.25, 0.3) is 0 Å². The molecule has 0 aliphatic rings. The lowest BCUT2D eigenvalue weighted by molar-refractivity contribution is -0.388. The van der Waals surface area contributed by atoms with E-state index in [1.54, 1.807) is 0 Å². The van der Waals surface area contributed by atoms with Crippen LogP contribution in [0.1, 0.15) is 5.56 Å². The standard InChI is InChI=1S/C14H13N3O3S/c18-10-12(9-11-5-2-1-3-6-11)16-21-14-13(17(19)20)7-4-8-15-14/h1-8,10,12,16H,9H2. The molecule has 2 rings (SSSR count). The lowest BCUT2D eigenvalue weighted by atomic mass is 10.1. The van der Waals surface area contributed by atoms with Crippen molar-refractivity contribution in [3.63, 3.8) is 0 Å². The SMILES string of the molecule is O=CC(Cc1ccccc1)NSc1ncccc1[N+](=O)[O-]. The number of hydrogen-bond acceptors (Lipinski definition) is 6. The number of aldehydes is 1. The van der Waals surface area contributed by atoms with Crippen LogP contribution < -0.4 is 4.72 Å². The van der Waals surface area contributed by atoms with Gasteiger partial charge in [-0.05, 0) is 30.0 Å². The molecule has 1 N–H and O–H groups in total. The molecule has 1 unspecified atom stereocenters. The third kappa shape index (κ3) is 4.37. The lowest BCUT2D eigenvalue weighted by Gasteiger charge is -2.11. The molecule has 7 heteroatoms. The van der Waals surface area contributed by atoms with Crippen molar-refractivity contribution in [2.75, 3.05) is 0 Å². The van der Waals surface area contributed by atoms with Crippen molar-refractivity contribution < 1.29 is 9.72 Å². The first-order valence-electron chi connectivity index (χ1n) is 6.21. The largest absolute Gasteiger partial charge is 0.302 e. The fourth-order valence-corrected chi connectivity index (χ4v) is 2.48. The zero-order valence-electron chi connectivity index (χ0n) is 11.0. The van der Waals surface area contributed by atoms with E-state index in [0.717, 1.165) is 23.8 Å². The summed E-state index contributed by atoms with van der Waals surface area (Å²) in [6, 6.07) is 12.0. The van der Waals surface area contributed by atoms with Gasteiger partial charge in [-0.3, -0.25) is 10.1 Å². The van der Waals surface area contributed by atoms with E-state index >= 15 is 0 Å². The fraction of sp³-hybridized carbons (Fsp3) is 0.143. The Balaban J connectivity index is 2.01. The Morgan fingerprint density at radius 1 is 1.29 bits per heavy atom. The van der Waals surface area contributed by atoms with Crippen LogP contribution in [0.15, 0.2) is 53.7 Å². The molecule has 0 aliphatic carbocycles. The van der Waals surface area contributed by atoms with Crippen LogP contribution in [-0.4, -0.2) is 22.2 Å². The highest BCUT2D eigenvalue weighted by Gasteiger charge is 2.16. The number of rotatable bonds is 7. The molecule has 2 aromatic rings. The number of carbonyl (C=O) groups excluding carboxylic acids is 1. The van der Waals surface area contributed by atoms with Gasteiger partial charge in [-0.25, -0.2) is 9.71 Å². The van der Waals surface area contributed by atoms with Crippen LogP contribution in [0.25, 0.3) is 0 Å². The molecular weight excluding hydrogens is 290 g/mol. The van der Waals surface area contributed by atoms with E-state index in [-0.39, 0.29) is 10.7 Å². The second-order valence-corrected chi connectivity index (χ2v) is 5.06. The van der Waals surface area contributed by atoms with Crippen LogP contribution in [-0.2, 0) is 11.2 Å². The quantitative estimate of drug-likeness (QED) is 0.366. The first-order chi connectivity index (χ1) is 10.2. The van der Waals surface area contributed by atoms with Crippen LogP contribution in [0.2, 0.25) is 0 Å². The summed E-state index contributed by atoms with van der Waals surface area (Å²) in [6.07, 6.45) is 2.77. The molecule has 0 saturated heterocycles. The summed E-state index contributed by atoms with van der Waals surface area (Å²) < 4.78 is 2.91. The Labute approximate surface area is 125 Å². The Morgan fingerprint density at radius 3 is 2.71 bits per heavy atom. The highest BCUT2D eigenvalue weighted by atomic mass is 32.2. The van der Waals surface area contributed by atoms with Crippen molar-refractivity contribution in [3.05, 3.63) is 64.3 Å². The highest BCUT2D eigenvalue weighted by Crippen LogP contribution is 2.24. The molecule has 0 aliphatic heterocycles. The van der Waals surface area contributed by atoms with Crippen LogP contribution in [0.3, 0.4) is 0 Å². The summed E-state index contributed by atoms with van der Waals surface area (Å²) >= 11 is 0.993. The first kappa shape index (κ1) is 15.1. The second-order valence-electron chi connectivity index (χ2n) is 4.24. The number of nitrogens with one attached hydrogen (secondary N) is 1. The van der Waals surface area contributed by atoms with Gasteiger partial charge in [-0.2, -0.15) is 0 Å². The van der Waals surface area contributed by atoms with Gasteiger partial charge in [0.15, 0.2) is 5.03 Å². The molecule has 1 heterocycles. The topological polar surface area (TPSA) is 85.1 Å². The monoisotopic (exact) mass is 303 g/mol. The van der Waals surface area contributed by atoms with E-state index in [1.165, 1.54) is 18.3 Å². The molecule has 1 aromatic carbocycles. The maximum Gasteiger partial charge on any atom is 0.302 e. The molecule has 0 spiro atoms. The number of nitro groups is 1. The van der Waals surface area contributed by atoms with Gasteiger partial charge in [0.2, 0.25) is 0 Å². The summed E-state index contributed by atoms with van der Waals surface area (Å²) in [4.78, 5) is 25.5. The Kier molecular flexibility index (Phi) is 5.42. The predicted molar refractivity (Wildman–Crippen MR) is 79.9 cm³/mol. The Morgan fingerprint density at radius 2 is 2.05 bits per heavy atom. The van der Waals surface area contributed by atoms with E-state index in [2.05, 4.69) is 9.71 Å². The van der Waals surface area contributed by atoms with Crippen molar-refractivity contribution in [3.8, 4) is 0 Å². The summed E-state index contributed by atoms with van der Waals surface area (Å²) in [7, 11) is 0. The van der Waals surface area contributed by atoms with Gasteiger partial charge in [-0.15, -0.1) is 0 Å². The van der Waals surface area contributed by atoms with Crippen LogP contribution >= 0.6 is 11.9 Å². The van der Waals surface area contributed by atoms with Gasteiger partial charge in [0.05, 0.1) is 11.0 Å². The maximum atomic E-state index is 11.1. The molecule has 0 saturated carbocycles. The fourth-order valence-electron chi connectivity index (χ4n) is 1.72. The van der Waals surface area contributed by atoms with E-state index in [4.69, 9.17) is 0 Å². The van der Waals surface area contributed by atoms with Crippen molar-refractivity contribution >= 4 is 23.9 Å². The smallest absolute Gasteiger partial charge is 0.302 e. The highest BCUT2D eigenvalue weighted by molar-refractivity contribution is 7.97. The molecule has 1 aromatic heterocycles. The number of hydrogen-bond donors (Lipinski definition) is 1. The summed E-state index contributed by atoms with van der Waals surface area (Å²) in [6.45, 7) is 0. The minimum absolute atomic E-state index is 0.0839. The van der Waals surface area contributed by atoms with E-state index in [1.807, 2.05) is 30.3 Å². The number of pyridine rings is 1. The minimum atomic E-state index is -0.496. The number of aromatic nitrogens is 1. The Bertz CT molecular complexity index is 622. The normalized spacial score (nSPS) is 11.8. The maximum absolute atomic E-state index is 11.1. The van der Waals surface area contributed by atoms with Crippen molar-refractivity contribution in [1.29, 1.82) is 0 Å². The third-order valence-electron chi connectivity index (χ3n) is 2.72. The minimum Gasteiger partial charge on any atom is -0.302 e. The molecule has 0 fully saturated rings. The molecule has 0 amide bonds. The zero-order chi connectivity index (χ0) is 15.1. The number of carbonyl (C=O) groups is 1. The lowest BCUT2D eigenvalue weighted by Crippen LogP contribution is -2.27. The zero-order valence-corrected chi connectivity index (χ0v) is 11.8. The van der Waals surface area contributed by atoms with Gasteiger partial charge in [0, 0.05) is 12.3 Å². The van der Waals surface area contributed by atoms with Crippen LogP contribution in [0, 0.1) is 10.1 Å². The van der Waals surface area contributed by atoms with Gasteiger partial charge in [-0.1, -0.05) is 30.3 Å². The van der Waals surface area contributed by atoms with Gasteiger partial charge in [0.1, 0.15) is 6.29 Å². The van der Waals surface area contributed by atoms with Crippen molar-refractivity contribution in [2.45, 2.75) is 17.5 Å². The average Bonchev–Trinajstić information content (AvgIpc) is 2.52. The van der Waals surface area contributed by atoms with Crippen molar-refractivity contribution in [2.24, 2.45) is 0 Å². The number of benzene rings is 1. The number of nitrogens with zero attached hydrogens (tertiary/aromatic N) is 2. The van der Waals surface area contributed by atoms with E-state index < -0.39 is 11.0 Å². The molecule has 0 bridgehead atoms. The van der Waals surface area contributed by atoms with E-state index in [0.29, 0.717) is 6.42 Å². The van der Waals surface area contributed by atoms with E-state index in [9.17, 15) is 14.9 Å². The molecule has 21 heavy (non-hydrogen) atoms. The van der Waals surface area contributed by atoms with Gasteiger partial charge < -0.3 is 4.79 Å². The Hall–Kier alpha value is -2.25. The van der Waals surface area contributed by atoms with Gasteiger partial charge >= 0.3 is 5.69 Å². The molecule has 108 valence electrons. The first-order valence-corrected chi connectivity index (χ1v) is 7.03. The predicted octanol–water partition coefficient (Wildman–Crippen LogP) is 2.40. The second kappa shape index (κ2) is 7.51. The molecular formula is C14H13N3O3S. The molecule has 6 nitrogen and oxygen atoms in total. The summed E-state index contributed by atoms with van der Waals surface area (Å²) in [5.41, 5.74) is 0.928. The van der Waals surface area contributed by atoms with Crippen molar-refractivity contribution in [1.82, 2.24) is 9.71 Å². The van der Waals surface area contributed by atoms with Crippen LogP contribution in [0.5, 0.6) is 0 Å². The molecule has 1 atom stereocenters.